The third-order valence-electron chi connectivity index (χ3n) is 3.41. The second-order valence-corrected chi connectivity index (χ2v) is 5.73. The molecule has 0 radical (unpaired) electrons. The molecule has 0 aliphatic heterocycles. The summed E-state index contributed by atoms with van der Waals surface area (Å²) in [4.78, 5) is 28.5. The monoisotopic (exact) mass is 347 g/mol. The molecule has 7 heteroatoms. The molecule has 0 unspecified atom stereocenters. The van der Waals surface area contributed by atoms with E-state index in [-0.39, 0.29) is 15.7 Å². The molecule has 0 bridgehead atoms. The summed E-state index contributed by atoms with van der Waals surface area (Å²) in [5.41, 5.74) is 2.01. The molecule has 3 aromatic rings. The van der Waals surface area contributed by atoms with Crippen LogP contribution < -0.4 is 5.32 Å². The fourth-order valence-corrected chi connectivity index (χ4v) is 2.79. The van der Waals surface area contributed by atoms with E-state index in [0.29, 0.717) is 11.1 Å². The zero-order valence-electron chi connectivity index (χ0n) is 12.0. The Kier molecular flexibility index (Phi) is 4.07. The van der Waals surface area contributed by atoms with E-state index < -0.39 is 11.7 Å². The number of pyridine rings is 2. The molecule has 3 aromatic heterocycles. The molecule has 0 saturated carbocycles. The van der Waals surface area contributed by atoms with E-state index in [1.54, 1.807) is 18.2 Å². The third-order valence-corrected chi connectivity index (χ3v) is 3.98. The van der Waals surface area contributed by atoms with Crippen molar-refractivity contribution in [3.05, 3.63) is 64.2 Å². The summed E-state index contributed by atoms with van der Waals surface area (Å²) in [7, 11) is 0. The van der Waals surface area contributed by atoms with Crippen LogP contribution in [0.15, 0.2) is 42.9 Å². The number of fused-ring (bicyclic) bond motifs is 1. The number of hydrogen-bond acceptors (Lipinski definition) is 3. The molecule has 3 rings (SSSR count). The van der Waals surface area contributed by atoms with E-state index >= 15 is 0 Å². The molecule has 0 atom stereocenters. The number of nitrogens with one attached hydrogen (secondary N) is 1. The minimum Gasteiger partial charge on any atom is -0.320 e. The molecule has 23 heavy (non-hydrogen) atoms. The van der Waals surface area contributed by atoms with Crippen LogP contribution in [0, 0.1) is 6.92 Å². The average Bonchev–Trinajstić information content (AvgIpc) is 2.88. The molecular weight excluding hydrogens is 337 g/mol. The van der Waals surface area contributed by atoms with Gasteiger partial charge in [0.1, 0.15) is 0 Å². The van der Waals surface area contributed by atoms with Gasteiger partial charge >= 0.3 is 0 Å². The first-order chi connectivity index (χ1) is 11.0. The van der Waals surface area contributed by atoms with Crippen molar-refractivity contribution in [2.24, 2.45) is 0 Å². The molecule has 0 aliphatic carbocycles. The summed E-state index contributed by atoms with van der Waals surface area (Å²) < 4.78 is 1.84. The largest absolute Gasteiger partial charge is 0.320 e. The zero-order chi connectivity index (χ0) is 16.6. The molecule has 116 valence electrons. The van der Waals surface area contributed by atoms with Gasteiger partial charge in [-0.2, -0.15) is 0 Å². The lowest BCUT2D eigenvalue weighted by atomic mass is 10.1. The van der Waals surface area contributed by atoms with Gasteiger partial charge in [-0.25, -0.2) is 0 Å². The first-order valence-corrected chi connectivity index (χ1v) is 7.46. The second-order valence-electron chi connectivity index (χ2n) is 4.92. The number of carbonyl (C=O) groups is 2. The van der Waals surface area contributed by atoms with Crippen molar-refractivity contribution in [2.45, 2.75) is 6.92 Å². The summed E-state index contributed by atoms with van der Waals surface area (Å²) in [6, 6.07) is 7.11. The second kappa shape index (κ2) is 6.02. The van der Waals surface area contributed by atoms with Gasteiger partial charge in [0.15, 0.2) is 0 Å². The van der Waals surface area contributed by atoms with Gasteiger partial charge in [-0.05, 0) is 25.1 Å². The van der Waals surface area contributed by atoms with Gasteiger partial charge in [0.2, 0.25) is 0 Å². The Morgan fingerprint density at radius 1 is 1.17 bits per heavy atom. The van der Waals surface area contributed by atoms with E-state index in [1.165, 1.54) is 12.4 Å². The van der Waals surface area contributed by atoms with Gasteiger partial charge in [0.05, 0.1) is 26.8 Å². The summed E-state index contributed by atoms with van der Waals surface area (Å²) in [5, 5.41) is 2.78. The molecule has 0 aliphatic rings. The van der Waals surface area contributed by atoms with Crippen LogP contribution >= 0.6 is 23.2 Å². The van der Waals surface area contributed by atoms with E-state index in [9.17, 15) is 9.59 Å². The number of aryl methyl sites for hydroxylation is 1. The fourth-order valence-electron chi connectivity index (χ4n) is 2.33. The van der Waals surface area contributed by atoms with Crippen LogP contribution in [0.25, 0.3) is 5.52 Å². The number of hydrogen-bond donors (Lipinski definition) is 1. The van der Waals surface area contributed by atoms with Gasteiger partial charge in [0.25, 0.3) is 11.7 Å². The van der Waals surface area contributed by atoms with Gasteiger partial charge in [-0.3, -0.25) is 14.6 Å². The van der Waals surface area contributed by atoms with Crippen LogP contribution in [0.1, 0.15) is 16.1 Å². The number of carbonyl (C=O) groups excluding carboxylic acids is 2. The van der Waals surface area contributed by atoms with Crippen molar-refractivity contribution in [1.29, 1.82) is 0 Å². The number of aromatic nitrogens is 2. The number of nitrogens with zero attached hydrogens (tertiary/aromatic N) is 2. The minimum absolute atomic E-state index is 0.163. The maximum atomic E-state index is 12.5. The molecule has 1 amide bonds. The predicted octanol–water partition coefficient (Wildman–Crippen LogP) is 3.77. The normalized spacial score (nSPS) is 10.7. The Morgan fingerprint density at radius 2 is 1.87 bits per heavy atom. The summed E-state index contributed by atoms with van der Waals surface area (Å²) in [6.45, 7) is 1.86. The average molecular weight is 348 g/mol. The van der Waals surface area contributed by atoms with Crippen LogP contribution in [0.4, 0.5) is 5.69 Å². The lowest BCUT2D eigenvalue weighted by Crippen LogP contribution is -2.23. The van der Waals surface area contributed by atoms with E-state index in [2.05, 4.69) is 10.3 Å². The smallest absolute Gasteiger partial charge is 0.296 e. The lowest BCUT2D eigenvalue weighted by Gasteiger charge is -2.07. The molecule has 1 N–H and O–H groups in total. The summed E-state index contributed by atoms with van der Waals surface area (Å²) >= 11 is 11.9. The fraction of sp³-hybridized carbons (Fsp3) is 0.0625. The third kappa shape index (κ3) is 2.81. The Labute approximate surface area is 141 Å². The quantitative estimate of drug-likeness (QED) is 0.579. The van der Waals surface area contributed by atoms with E-state index in [4.69, 9.17) is 23.2 Å². The topological polar surface area (TPSA) is 63.5 Å². The van der Waals surface area contributed by atoms with Crippen molar-refractivity contribution in [2.75, 3.05) is 5.32 Å². The zero-order valence-corrected chi connectivity index (χ0v) is 13.5. The highest BCUT2D eigenvalue weighted by Gasteiger charge is 2.22. The van der Waals surface area contributed by atoms with Crippen molar-refractivity contribution in [3.63, 3.8) is 0 Å². The standard InChI is InChI=1S/C16H11Cl2N3O2/c1-9-6-10(13-4-2-3-5-21(9)13)15(22)16(23)20-14-11(17)7-19-8-12(14)18/h2-8H,1H3,(H,19,20,23). The van der Waals surface area contributed by atoms with Crippen molar-refractivity contribution in [3.8, 4) is 0 Å². The highest BCUT2D eigenvalue weighted by atomic mass is 35.5. The highest BCUT2D eigenvalue weighted by Crippen LogP contribution is 2.29. The summed E-state index contributed by atoms with van der Waals surface area (Å²) in [5.74, 6) is -1.47. The minimum atomic E-state index is -0.809. The molecule has 0 aromatic carbocycles. The Bertz CT molecular complexity index is 914. The Balaban J connectivity index is 1.95. The van der Waals surface area contributed by atoms with E-state index in [0.717, 1.165) is 5.69 Å². The number of halogens is 2. The van der Waals surface area contributed by atoms with Gasteiger partial charge in [-0.15, -0.1) is 0 Å². The number of anilines is 1. The molecule has 0 saturated heterocycles. The Morgan fingerprint density at radius 3 is 2.57 bits per heavy atom. The first-order valence-electron chi connectivity index (χ1n) is 6.70. The summed E-state index contributed by atoms with van der Waals surface area (Å²) in [6.07, 6.45) is 4.51. The maximum absolute atomic E-state index is 12.5. The SMILES string of the molecule is Cc1cc(C(=O)C(=O)Nc2c(Cl)cncc2Cl)c2ccccn12. The van der Waals surface area contributed by atoms with Gasteiger partial charge in [-0.1, -0.05) is 29.3 Å². The van der Waals surface area contributed by atoms with Crippen LogP contribution in [0.5, 0.6) is 0 Å². The lowest BCUT2D eigenvalue weighted by molar-refractivity contribution is -0.112. The number of ketones is 1. The predicted molar refractivity (Wildman–Crippen MR) is 89.4 cm³/mol. The van der Waals surface area contributed by atoms with Crippen molar-refractivity contribution in [1.82, 2.24) is 9.38 Å². The van der Waals surface area contributed by atoms with Crippen molar-refractivity contribution >= 4 is 46.1 Å². The van der Waals surface area contributed by atoms with E-state index in [1.807, 2.05) is 23.6 Å². The molecule has 3 heterocycles. The highest BCUT2D eigenvalue weighted by molar-refractivity contribution is 6.49. The van der Waals surface area contributed by atoms with Crippen molar-refractivity contribution < 1.29 is 9.59 Å². The maximum Gasteiger partial charge on any atom is 0.296 e. The number of Topliss-reactive ketones (excluding diaryl/α,β-unsaturated/α-hetero) is 1. The number of amides is 1. The molecular formula is C16H11Cl2N3O2. The van der Waals surface area contributed by atoms with Crippen LogP contribution in [-0.4, -0.2) is 21.1 Å². The molecule has 0 fully saturated rings. The first kappa shape index (κ1) is 15.5. The van der Waals surface area contributed by atoms with Crippen LogP contribution in [0.3, 0.4) is 0 Å². The molecule has 5 nitrogen and oxygen atoms in total. The van der Waals surface area contributed by atoms with Gasteiger partial charge in [0, 0.05) is 24.3 Å². The van der Waals surface area contributed by atoms with Crippen LogP contribution in [0.2, 0.25) is 10.0 Å². The molecule has 0 spiro atoms. The van der Waals surface area contributed by atoms with Crippen LogP contribution in [-0.2, 0) is 4.79 Å². The Hall–Kier alpha value is -2.37. The number of rotatable bonds is 3. The van der Waals surface area contributed by atoms with Gasteiger partial charge < -0.3 is 9.72 Å².